The maximum Gasteiger partial charge on any atom is 0.350 e. The van der Waals surface area contributed by atoms with Crippen LogP contribution in [0.4, 0.5) is 8.78 Å². The Labute approximate surface area is 148 Å². The summed E-state index contributed by atoms with van der Waals surface area (Å²) in [6, 6.07) is 3.50. The number of halogens is 2. The fraction of sp³-hybridized carbons (Fsp3) is 0.235. The molecule has 26 heavy (non-hydrogen) atoms. The molecule has 2 aromatic rings. The number of nitrogens with two attached hydrogens (primary N) is 1. The summed E-state index contributed by atoms with van der Waals surface area (Å²) in [5.41, 5.74) is 6.25. The largest absolute Gasteiger partial charge is 0.350 e. The molecule has 0 radical (unpaired) electrons. The van der Waals surface area contributed by atoms with Gasteiger partial charge in [0.1, 0.15) is 6.33 Å². The van der Waals surface area contributed by atoms with Crippen LogP contribution >= 0.6 is 0 Å². The van der Waals surface area contributed by atoms with Crippen LogP contribution < -0.4 is 16.7 Å². The number of rotatable bonds is 5. The molecule has 1 aliphatic rings. The maximum absolute atomic E-state index is 15.8. The normalized spacial score (nSPS) is 20.4. The van der Waals surface area contributed by atoms with Crippen molar-refractivity contribution in [3.05, 3.63) is 76.5 Å². The van der Waals surface area contributed by atoms with Gasteiger partial charge < -0.3 is 11.1 Å². The molecule has 0 fully saturated rings. The van der Waals surface area contributed by atoms with Crippen LogP contribution in [0.3, 0.4) is 0 Å². The van der Waals surface area contributed by atoms with Gasteiger partial charge >= 0.3 is 5.69 Å². The molecular formula is C17H18F2N6O. The third kappa shape index (κ3) is 3.08. The maximum atomic E-state index is 15.8. The van der Waals surface area contributed by atoms with Gasteiger partial charge in [-0.15, -0.1) is 0 Å². The van der Waals surface area contributed by atoms with E-state index in [0.717, 1.165) is 15.6 Å². The van der Waals surface area contributed by atoms with Crippen LogP contribution in [0.1, 0.15) is 12.5 Å². The number of dihydropyridines is 1. The van der Waals surface area contributed by atoms with Gasteiger partial charge in [0.2, 0.25) is 0 Å². The Morgan fingerprint density at radius 1 is 1.46 bits per heavy atom. The van der Waals surface area contributed by atoms with E-state index < -0.39 is 11.6 Å². The monoisotopic (exact) mass is 360 g/mol. The topological polar surface area (TPSA) is 90.8 Å². The lowest BCUT2D eigenvalue weighted by Crippen LogP contribution is -2.49. The van der Waals surface area contributed by atoms with Gasteiger partial charge in [-0.3, -0.25) is 4.98 Å². The summed E-state index contributed by atoms with van der Waals surface area (Å²) in [5.74, 6) is -2.31. The summed E-state index contributed by atoms with van der Waals surface area (Å²) >= 11 is 0. The molecular weight excluding hydrogens is 342 g/mol. The average Bonchev–Trinajstić information content (AvgIpc) is 3.03. The van der Waals surface area contributed by atoms with Crippen molar-refractivity contribution in [2.45, 2.75) is 19.4 Å². The molecule has 1 aliphatic heterocycles. The van der Waals surface area contributed by atoms with Crippen molar-refractivity contribution < 1.29 is 8.78 Å². The highest BCUT2D eigenvalue weighted by Crippen LogP contribution is 2.30. The number of alkyl halides is 1. The molecule has 3 rings (SSSR count). The summed E-state index contributed by atoms with van der Waals surface area (Å²) in [7, 11) is 0. The summed E-state index contributed by atoms with van der Waals surface area (Å²) < 4.78 is 30.3. The lowest BCUT2D eigenvalue weighted by Gasteiger charge is -2.32. The van der Waals surface area contributed by atoms with Crippen LogP contribution in [-0.4, -0.2) is 25.9 Å². The van der Waals surface area contributed by atoms with Gasteiger partial charge in [-0.25, -0.2) is 18.4 Å². The second kappa shape index (κ2) is 7.04. The van der Waals surface area contributed by atoms with Crippen molar-refractivity contribution >= 4 is 5.70 Å². The van der Waals surface area contributed by atoms with E-state index >= 15 is 4.39 Å². The van der Waals surface area contributed by atoms with Crippen molar-refractivity contribution in [2.24, 2.45) is 5.73 Å². The number of aromatic nitrogens is 4. The van der Waals surface area contributed by atoms with Crippen LogP contribution in [0.25, 0.3) is 5.70 Å². The van der Waals surface area contributed by atoms with Crippen molar-refractivity contribution in [2.75, 3.05) is 6.54 Å². The molecule has 3 heterocycles. The number of pyridine rings is 1. The number of hydrogen-bond acceptors (Lipinski definition) is 5. The van der Waals surface area contributed by atoms with Gasteiger partial charge in [0, 0.05) is 35.8 Å². The van der Waals surface area contributed by atoms with Crippen LogP contribution in [0.15, 0.2) is 65.3 Å². The fourth-order valence-corrected chi connectivity index (χ4v) is 2.57. The van der Waals surface area contributed by atoms with Gasteiger partial charge in [-0.2, -0.15) is 9.49 Å². The standard InChI is InChI=1S/C17H18F2N6O/c1-12-4-5-15(14-3-2-6-21-9-14)23-17(12,19)24-11-22-25(16(24)26)10-13(7-18)8-20/h2-7,9,11,23H,8,10,20H2,1H3/b13-7+. The highest BCUT2D eigenvalue weighted by Gasteiger charge is 2.39. The smallest absolute Gasteiger partial charge is 0.332 e. The minimum absolute atomic E-state index is 0.0678. The van der Waals surface area contributed by atoms with Gasteiger partial charge in [-0.05, 0) is 30.7 Å². The molecule has 0 amide bonds. The second-order valence-electron chi connectivity index (χ2n) is 5.83. The Kier molecular flexibility index (Phi) is 4.81. The number of hydrogen-bond donors (Lipinski definition) is 2. The lowest BCUT2D eigenvalue weighted by atomic mass is 10.1. The van der Waals surface area contributed by atoms with E-state index in [9.17, 15) is 9.18 Å². The minimum Gasteiger partial charge on any atom is -0.332 e. The highest BCUT2D eigenvalue weighted by atomic mass is 19.2. The predicted octanol–water partition coefficient (Wildman–Crippen LogP) is 1.42. The fourth-order valence-electron chi connectivity index (χ4n) is 2.57. The first-order valence-corrected chi connectivity index (χ1v) is 7.89. The van der Waals surface area contributed by atoms with E-state index in [2.05, 4.69) is 15.4 Å². The third-order valence-corrected chi connectivity index (χ3v) is 4.13. The first kappa shape index (κ1) is 17.7. The Bertz CT molecular complexity index is 944. The molecule has 0 bridgehead atoms. The molecule has 0 aromatic carbocycles. The van der Waals surface area contributed by atoms with Gasteiger partial charge in [0.15, 0.2) is 0 Å². The zero-order valence-electron chi connectivity index (χ0n) is 14.1. The number of nitrogens with zero attached hydrogens (tertiary/aromatic N) is 4. The Hall–Kier alpha value is -3.07. The molecule has 3 N–H and O–H groups in total. The Morgan fingerprint density at radius 3 is 2.92 bits per heavy atom. The highest BCUT2D eigenvalue weighted by molar-refractivity contribution is 5.67. The lowest BCUT2D eigenvalue weighted by molar-refractivity contribution is 0.0860. The summed E-state index contributed by atoms with van der Waals surface area (Å²) in [6.45, 7) is 1.34. The van der Waals surface area contributed by atoms with E-state index in [1.807, 2.05) is 0 Å². The molecule has 1 atom stereocenters. The summed E-state index contributed by atoms with van der Waals surface area (Å²) in [5, 5.41) is 6.60. The van der Waals surface area contributed by atoms with Crippen LogP contribution in [0.2, 0.25) is 0 Å². The Morgan fingerprint density at radius 2 is 2.27 bits per heavy atom. The predicted molar refractivity (Wildman–Crippen MR) is 92.9 cm³/mol. The summed E-state index contributed by atoms with van der Waals surface area (Å²) in [4.78, 5) is 16.6. The third-order valence-electron chi connectivity index (χ3n) is 4.13. The molecule has 2 aromatic heterocycles. The SMILES string of the molecule is CC1=CC=C(c2cccnc2)NC1(F)n1cnn(C/C(=C/F)CN)c1=O. The van der Waals surface area contributed by atoms with Crippen molar-refractivity contribution in [3.63, 3.8) is 0 Å². The minimum atomic E-state index is -2.31. The molecule has 7 nitrogen and oxygen atoms in total. The molecule has 136 valence electrons. The summed E-state index contributed by atoms with van der Waals surface area (Å²) in [6.07, 6.45) is 7.88. The van der Waals surface area contributed by atoms with Gasteiger partial charge in [0.05, 0.1) is 12.9 Å². The number of allylic oxidation sites excluding steroid dienone is 2. The van der Waals surface area contributed by atoms with Crippen molar-refractivity contribution in [1.82, 2.24) is 24.6 Å². The van der Waals surface area contributed by atoms with Crippen molar-refractivity contribution in [1.29, 1.82) is 0 Å². The molecule has 0 spiro atoms. The van der Waals surface area contributed by atoms with Crippen LogP contribution in [0.5, 0.6) is 0 Å². The van der Waals surface area contributed by atoms with E-state index in [4.69, 9.17) is 5.73 Å². The van der Waals surface area contributed by atoms with Gasteiger partial charge in [0.25, 0.3) is 5.92 Å². The van der Waals surface area contributed by atoms with E-state index in [0.29, 0.717) is 17.6 Å². The molecule has 1 unspecified atom stereocenters. The van der Waals surface area contributed by atoms with Crippen molar-refractivity contribution in [3.8, 4) is 0 Å². The quantitative estimate of drug-likeness (QED) is 0.787. The molecule has 9 heteroatoms. The second-order valence-corrected chi connectivity index (χ2v) is 5.83. The van der Waals surface area contributed by atoms with E-state index in [1.54, 1.807) is 43.6 Å². The average molecular weight is 360 g/mol. The van der Waals surface area contributed by atoms with E-state index in [1.165, 1.54) is 0 Å². The first-order valence-electron chi connectivity index (χ1n) is 7.89. The molecule has 0 saturated carbocycles. The zero-order valence-corrected chi connectivity index (χ0v) is 14.1. The molecule has 0 aliphatic carbocycles. The Balaban J connectivity index is 1.96. The van der Waals surface area contributed by atoms with Gasteiger partial charge in [-0.1, -0.05) is 6.08 Å². The van der Waals surface area contributed by atoms with Crippen LogP contribution in [-0.2, 0) is 12.5 Å². The first-order chi connectivity index (χ1) is 12.5. The van der Waals surface area contributed by atoms with Crippen LogP contribution in [0, 0.1) is 0 Å². The number of nitrogens with one attached hydrogen (secondary N) is 1. The molecule has 0 saturated heterocycles. The zero-order chi connectivity index (χ0) is 18.7. The van der Waals surface area contributed by atoms with E-state index in [-0.39, 0.29) is 24.2 Å².